The summed E-state index contributed by atoms with van der Waals surface area (Å²) < 4.78 is 30.4. The molecule has 5 heteroatoms. The molecule has 1 aromatic carbocycles. The van der Waals surface area contributed by atoms with E-state index in [9.17, 15) is 13.5 Å². The number of hydrogen-bond acceptors (Lipinski definition) is 4. The van der Waals surface area contributed by atoms with Gasteiger partial charge in [-0.1, -0.05) is 44.4 Å². The number of aliphatic hydroxyl groups excluding tert-OH is 1. The van der Waals surface area contributed by atoms with E-state index in [0.717, 1.165) is 44.1 Å². The van der Waals surface area contributed by atoms with Crippen LogP contribution in [0.1, 0.15) is 57.9 Å². The van der Waals surface area contributed by atoms with Gasteiger partial charge in [0.1, 0.15) is 0 Å². The van der Waals surface area contributed by atoms with Crippen molar-refractivity contribution in [2.24, 2.45) is 23.2 Å². The van der Waals surface area contributed by atoms with E-state index in [0.29, 0.717) is 11.8 Å². The van der Waals surface area contributed by atoms with Crippen LogP contribution >= 0.6 is 0 Å². The maximum atomic E-state index is 12.5. The average molecular weight is 381 g/mol. The fraction of sp³-hybridized carbons (Fsp3) is 0.714. The predicted octanol–water partition coefficient (Wildman–Crippen LogP) is 4.30. The number of fused-ring (bicyclic) bond motifs is 1. The van der Waals surface area contributed by atoms with Crippen LogP contribution in [0.25, 0.3) is 0 Å². The van der Waals surface area contributed by atoms with Gasteiger partial charge < -0.3 is 5.11 Å². The highest BCUT2D eigenvalue weighted by Crippen LogP contribution is 2.55. The average Bonchev–Trinajstić information content (AvgIpc) is 2.59. The molecule has 0 aromatic heterocycles. The van der Waals surface area contributed by atoms with Crippen molar-refractivity contribution in [3.05, 3.63) is 29.8 Å². The normalized spacial score (nSPS) is 33.5. The molecular formula is C21H32O4S. The van der Waals surface area contributed by atoms with Crippen molar-refractivity contribution in [2.75, 3.05) is 6.61 Å². The first-order valence-corrected chi connectivity index (χ1v) is 11.3. The third kappa shape index (κ3) is 3.85. The topological polar surface area (TPSA) is 63.6 Å². The first kappa shape index (κ1) is 19.8. The van der Waals surface area contributed by atoms with Gasteiger partial charge in [0.25, 0.3) is 10.1 Å². The molecule has 1 N–H and O–H groups in total. The third-order valence-corrected chi connectivity index (χ3v) is 8.18. The first-order chi connectivity index (χ1) is 12.2. The molecule has 26 heavy (non-hydrogen) atoms. The lowest BCUT2D eigenvalue weighted by atomic mass is 9.52. The van der Waals surface area contributed by atoms with Gasteiger partial charge >= 0.3 is 0 Å². The highest BCUT2D eigenvalue weighted by molar-refractivity contribution is 7.86. The van der Waals surface area contributed by atoms with Crippen LogP contribution in [0.2, 0.25) is 0 Å². The van der Waals surface area contributed by atoms with E-state index < -0.39 is 10.1 Å². The van der Waals surface area contributed by atoms with Gasteiger partial charge in [-0.15, -0.1) is 0 Å². The van der Waals surface area contributed by atoms with Gasteiger partial charge in [-0.05, 0) is 67.9 Å². The van der Waals surface area contributed by atoms with Gasteiger partial charge in [-0.2, -0.15) is 8.42 Å². The molecule has 2 aliphatic carbocycles. The molecule has 0 heterocycles. The minimum atomic E-state index is -3.72. The van der Waals surface area contributed by atoms with Gasteiger partial charge in [0.2, 0.25) is 0 Å². The van der Waals surface area contributed by atoms with Crippen molar-refractivity contribution < 1.29 is 17.7 Å². The molecule has 1 aromatic rings. The molecule has 4 nitrogen and oxygen atoms in total. The maximum absolute atomic E-state index is 12.5. The molecule has 0 unspecified atom stereocenters. The second-order valence-electron chi connectivity index (χ2n) is 8.64. The van der Waals surface area contributed by atoms with Crippen molar-refractivity contribution in [3.8, 4) is 0 Å². The summed E-state index contributed by atoms with van der Waals surface area (Å²) >= 11 is 0. The van der Waals surface area contributed by atoms with Gasteiger partial charge in [0, 0.05) is 0 Å². The highest BCUT2D eigenvalue weighted by Gasteiger charge is 2.50. The second kappa shape index (κ2) is 7.61. The minimum absolute atomic E-state index is 0.0896. The number of rotatable bonds is 5. The number of aliphatic hydroxyl groups is 1. The monoisotopic (exact) mass is 380 g/mol. The van der Waals surface area contributed by atoms with E-state index in [1.165, 1.54) is 0 Å². The fourth-order valence-electron chi connectivity index (χ4n) is 5.41. The summed E-state index contributed by atoms with van der Waals surface area (Å²) in [5.41, 5.74) is 1.11. The van der Waals surface area contributed by atoms with E-state index in [4.69, 9.17) is 4.18 Å². The molecule has 0 bridgehead atoms. The standard InChI is InChI=1S/C21H32O4S/c1-15-9-11-17(12-10-15)26(23,24)25-14-16(2)18-6-4-7-19-20(22)8-5-13-21(18,19)3/h9-12,16,18-20,22H,4-8,13-14H2,1-3H3/t16-,18-,19-,20+,21-/m1/s1. The Morgan fingerprint density at radius 2 is 1.88 bits per heavy atom. The molecule has 0 spiro atoms. The van der Waals surface area contributed by atoms with Crippen molar-refractivity contribution in [3.63, 3.8) is 0 Å². The molecule has 146 valence electrons. The summed E-state index contributed by atoms with van der Waals surface area (Å²) in [6, 6.07) is 6.78. The smallest absolute Gasteiger partial charge is 0.296 e. The van der Waals surface area contributed by atoms with E-state index in [1.54, 1.807) is 24.3 Å². The SMILES string of the molecule is Cc1ccc(S(=O)(=O)OC[C@@H](C)[C@H]2CCC[C@@H]3[C@@H](O)CCC[C@]23C)cc1. The number of benzene rings is 1. The molecule has 0 aliphatic heterocycles. The van der Waals surface area contributed by atoms with Gasteiger partial charge in [0.05, 0.1) is 17.6 Å². The molecule has 2 fully saturated rings. The zero-order chi connectivity index (χ0) is 18.9. The summed E-state index contributed by atoms with van der Waals surface area (Å²) in [6.07, 6.45) is 6.16. The van der Waals surface area contributed by atoms with E-state index in [-0.39, 0.29) is 28.9 Å². The Labute approximate surface area is 158 Å². The van der Waals surface area contributed by atoms with E-state index in [2.05, 4.69) is 13.8 Å². The highest BCUT2D eigenvalue weighted by atomic mass is 32.2. The van der Waals surface area contributed by atoms with Gasteiger partial charge in [-0.3, -0.25) is 4.18 Å². The molecule has 0 amide bonds. The Morgan fingerprint density at radius 1 is 1.19 bits per heavy atom. The summed E-state index contributed by atoms with van der Waals surface area (Å²) in [7, 11) is -3.72. The summed E-state index contributed by atoms with van der Waals surface area (Å²) in [4.78, 5) is 0.219. The van der Waals surface area contributed by atoms with Crippen LogP contribution < -0.4 is 0 Å². The van der Waals surface area contributed by atoms with Crippen molar-refractivity contribution in [2.45, 2.75) is 70.3 Å². The molecule has 0 radical (unpaired) electrons. The van der Waals surface area contributed by atoms with E-state index >= 15 is 0 Å². The van der Waals surface area contributed by atoms with Gasteiger partial charge in [-0.25, -0.2) is 0 Å². The number of aryl methyl sites for hydroxylation is 1. The molecule has 2 saturated carbocycles. The maximum Gasteiger partial charge on any atom is 0.296 e. The van der Waals surface area contributed by atoms with Crippen molar-refractivity contribution in [1.82, 2.24) is 0 Å². The molecule has 3 rings (SSSR count). The quantitative estimate of drug-likeness (QED) is 0.774. The molecular weight excluding hydrogens is 348 g/mol. The third-order valence-electron chi connectivity index (χ3n) is 6.89. The zero-order valence-electron chi connectivity index (χ0n) is 16.1. The zero-order valence-corrected chi connectivity index (χ0v) is 17.0. The molecule has 0 saturated heterocycles. The van der Waals surface area contributed by atoms with Crippen LogP contribution in [0, 0.1) is 30.1 Å². The Hall–Kier alpha value is -0.910. The lowest BCUT2D eigenvalue weighted by Gasteiger charge is -2.54. The predicted molar refractivity (Wildman–Crippen MR) is 102 cm³/mol. The van der Waals surface area contributed by atoms with Crippen molar-refractivity contribution in [1.29, 1.82) is 0 Å². The van der Waals surface area contributed by atoms with Crippen molar-refractivity contribution >= 4 is 10.1 Å². The van der Waals surface area contributed by atoms with Crippen LogP contribution in [-0.4, -0.2) is 26.2 Å². The summed E-state index contributed by atoms with van der Waals surface area (Å²) in [5, 5.41) is 10.5. The van der Waals surface area contributed by atoms with Crippen LogP contribution in [-0.2, 0) is 14.3 Å². The van der Waals surface area contributed by atoms with Crippen LogP contribution in [0.5, 0.6) is 0 Å². The van der Waals surface area contributed by atoms with Crippen LogP contribution in [0.4, 0.5) is 0 Å². The van der Waals surface area contributed by atoms with Crippen LogP contribution in [0.15, 0.2) is 29.2 Å². The summed E-state index contributed by atoms with van der Waals surface area (Å²) in [5.74, 6) is 0.879. The second-order valence-corrected chi connectivity index (χ2v) is 10.3. The fourth-order valence-corrected chi connectivity index (χ4v) is 6.41. The Balaban J connectivity index is 1.69. The Kier molecular flexibility index (Phi) is 5.80. The van der Waals surface area contributed by atoms with Crippen LogP contribution in [0.3, 0.4) is 0 Å². The minimum Gasteiger partial charge on any atom is -0.393 e. The molecule has 2 aliphatic rings. The Bertz CT molecular complexity index is 712. The number of hydrogen-bond donors (Lipinski definition) is 1. The lowest BCUT2D eigenvalue weighted by Crippen LogP contribution is -2.49. The first-order valence-electron chi connectivity index (χ1n) is 9.88. The van der Waals surface area contributed by atoms with E-state index in [1.807, 2.05) is 6.92 Å². The van der Waals surface area contributed by atoms with Gasteiger partial charge in [0.15, 0.2) is 0 Å². The Morgan fingerprint density at radius 3 is 2.58 bits per heavy atom. The molecule has 5 atom stereocenters. The largest absolute Gasteiger partial charge is 0.393 e. The lowest BCUT2D eigenvalue weighted by molar-refractivity contribution is -0.0954. The summed E-state index contributed by atoms with van der Waals surface area (Å²) in [6.45, 7) is 6.54.